The Morgan fingerprint density at radius 2 is 1.92 bits per heavy atom. The molecular weight excluding hydrogens is 340 g/mol. The van der Waals surface area contributed by atoms with Gasteiger partial charge in [-0.1, -0.05) is 6.07 Å². The molecule has 0 aliphatic carbocycles. The van der Waals surface area contributed by atoms with E-state index >= 15 is 0 Å². The lowest BCUT2D eigenvalue weighted by Crippen LogP contribution is -2.22. The van der Waals surface area contributed by atoms with Crippen LogP contribution in [-0.4, -0.2) is 31.3 Å². The van der Waals surface area contributed by atoms with Crippen LogP contribution in [-0.2, 0) is 14.6 Å². The van der Waals surface area contributed by atoms with Gasteiger partial charge in [-0.25, -0.2) is 13.4 Å². The Balaban J connectivity index is 1.87. The molecule has 0 saturated carbocycles. The molecule has 0 aliphatic rings. The minimum atomic E-state index is -3.36. The summed E-state index contributed by atoms with van der Waals surface area (Å²) in [6.07, 6.45) is 1.03. The Morgan fingerprint density at radius 3 is 2.60 bits per heavy atom. The number of rotatable bonds is 4. The van der Waals surface area contributed by atoms with Crippen LogP contribution in [0.5, 0.6) is 0 Å². The van der Waals surface area contributed by atoms with Crippen LogP contribution in [0.4, 0.5) is 5.69 Å². The summed E-state index contributed by atoms with van der Waals surface area (Å²) in [4.78, 5) is 16.3. The molecule has 1 amide bonds. The molecule has 6 nitrogen and oxygen atoms in total. The van der Waals surface area contributed by atoms with Crippen LogP contribution in [0.3, 0.4) is 0 Å². The Morgan fingerprint density at radius 1 is 1.16 bits per heavy atom. The fraction of sp³-hybridized carbons (Fsp3) is 0.222. The van der Waals surface area contributed by atoms with E-state index in [4.69, 9.17) is 4.42 Å². The van der Waals surface area contributed by atoms with Crippen molar-refractivity contribution in [2.24, 2.45) is 0 Å². The van der Waals surface area contributed by atoms with Crippen molar-refractivity contribution in [1.29, 1.82) is 0 Å². The molecule has 0 aliphatic heterocycles. The maximum absolute atomic E-state index is 11.8. The summed E-state index contributed by atoms with van der Waals surface area (Å²) in [5, 5.41) is 2.61. The van der Waals surface area contributed by atoms with Gasteiger partial charge in [0.05, 0.1) is 0 Å². The largest absolute Gasteiger partial charge is 0.436 e. The second-order valence-electron chi connectivity index (χ2n) is 6.14. The average molecular weight is 358 g/mol. The Labute approximate surface area is 145 Å². The van der Waals surface area contributed by atoms with Crippen molar-refractivity contribution in [3.63, 3.8) is 0 Å². The number of aryl methyl sites for hydroxylation is 2. The maximum atomic E-state index is 11.8. The first-order valence-corrected chi connectivity index (χ1v) is 9.73. The number of fused-ring (bicyclic) bond motifs is 1. The predicted molar refractivity (Wildman–Crippen MR) is 97.3 cm³/mol. The zero-order chi connectivity index (χ0) is 18.2. The highest BCUT2D eigenvalue weighted by Crippen LogP contribution is 2.27. The summed E-state index contributed by atoms with van der Waals surface area (Å²) in [7, 11) is -3.36. The van der Waals surface area contributed by atoms with Gasteiger partial charge in [0.25, 0.3) is 0 Å². The summed E-state index contributed by atoms with van der Waals surface area (Å²) in [6, 6.07) is 11.1. The van der Waals surface area contributed by atoms with E-state index < -0.39 is 21.5 Å². The second-order valence-corrected chi connectivity index (χ2v) is 8.28. The number of nitrogens with one attached hydrogen (secondary N) is 1. The zero-order valence-corrected chi connectivity index (χ0v) is 15.0. The maximum Gasteiger partial charge on any atom is 0.239 e. The minimum absolute atomic E-state index is 0.498. The third-order valence-corrected chi connectivity index (χ3v) is 4.47. The van der Waals surface area contributed by atoms with Crippen LogP contribution in [0.1, 0.15) is 11.1 Å². The number of hydrogen-bond acceptors (Lipinski definition) is 5. The standard InChI is InChI=1S/C18H18N2O4S/c1-11-4-7-16-15(8-11)20-18(24-16)13-5-6-14(12(2)9-13)19-17(21)10-25(3,22)23/h4-9H,10H2,1-3H3,(H,19,21). The van der Waals surface area contributed by atoms with Crippen molar-refractivity contribution < 1.29 is 17.6 Å². The molecule has 130 valence electrons. The summed E-state index contributed by atoms with van der Waals surface area (Å²) < 4.78 is 28.1. The van der Waals surface area contributed by atoms with E-state index in [2.05, 4.69) is 10.3 Å². The fourth-order valence-corrected chi connectivity index (χ4v) is 3.07. The average Bonchev–Trinajstić information content (AvgIpc) is 2.90. The van der Waals surface area contributed by atoms with Crippen molar-refractivity contribution in [3.8, 4) is 11.5 Å². The summed E-state index contributed by atoms with van der Waals surface area (Å²) in [5.41, 5.74) is 4.74. The van der Waals surface area contributed by atoms with E-state index in [9.17, 15) is 13.2 Å². The number of sulfone groups is 1. The SMILES string of the molecule is Cc1ccc2oc(-c3ccc(NC(=O)CS(C)(=O)=O)c(C)c3)nc2c1. The molecule has 25 heavy (non-hydrogen) atoms. The van der Waals surface area contributed by atoms with E-state index in [0.717, 1.165) is 28.5 Å². The van der Waals surface area contributed by atoms with Gasteiger partial charge in [-0.15, -0.1) is 0 Å². The molecule has 0 bridgehead atoms. The number of aromatic nitrogens is 1. The fourth-order valence-electron chi connectivity index (χ4n) is 2.52. The molecule has 0 saturated heterocycles. The highest BCUT2D eigenvalue weighted by atomic mass is 32.2. The Kier molecular flexibility index (Phi) is 4.34. The molecule has 0 radical (unpaired) electrons. The van der Waals surface area contributed by atoms with Gasteiger partial charge in [-0.3, -0.25) is 4.79 Å². The number of nitrogens with zero attached hydrogens (tertiary/aromatic N) is 1. The highest BCUT2D eigenvalue weighted by molar-refractivity contribution is 7.91. The van der Waals surface area contributed by atoms with Gasteiger partial charge in [0, 0.05) is 17.5 Å². The second kappa shape index (κ2) is 6.33. The lowest BCUT2D eigenvalue weighted by molar-refractivity contribution is -0.113. The van der Waals surface area contributed by atoms with Crippen LogP contribution >= 0.6 is 0 Å². The molecular formula is C18H18N2O4S. The molecule has 0 unspecified atom stereocenters. The molecule has 2 aromatic carbocycles. The van der Waals surface area contributed by atoms with Crippen LogP contribution in [0.2, 0.25) is 0 Å². The summed E-state index contributed by atoms with van der Waals surface area (Å²) in [5.74, 6) is -0.605. The normalized spacial score (nSPS) is 11.6. The van der Waals surface area contributed by atoms with Gasteiger partial charge in [-0.2, -0.15) is 0 Å². The number of carbonyl (C=O) groups is 1. The molecule has 1 heterocycles. The van der Waals surface area contributed by atoms with E-state index in [1.165, 1.54) is 0 Å². The molecule has 7 heteroatoms. The summed E-state index contributed by atoms with van der Waals surface area (Å²) in [6.45, 7) is 3.82. The first-order valence-electron chi connectivity index (χ1n) is 7.67. The van der Waals surface area contributed by atoms with E-state index in [0.29, 0.717) is 17.2 Å². The van der Waals surface area contributed by atoms with Gasteiger partial charge >= 0.3 is 0 Å². The molecule has 3 rings (SSSR count). The van der Waals surface area contributed by atoms with Crippen molar-refractivity contribution in [2.45, 2.75) is 13.8 Å². The first-order chi connectivity index (χ1) is 11.7. The quantitative estimate of drug-likeness (QED) is 0.774. The highest BCUT2D eigenvalue weighted by Gasteiger charge is 2.14. The molecule has 0 spiro atoms. The molecule has 1 aromatic heterocycles. The number of oxazole rings is 1. The lowest BCUT2D eigenvalue weighted by Gasteiger charge is -2.08. The van der Waals surface area contributed by atoms with Crippen molar-refractivity contribution in [2.75, 3.05) is 17.3 Å². The van der Waals surface area contributed by atoms with Crippen LogP contribution in [0.15, 0.2) is 40.8 Å². The van der Waals surface area contributed by atoms with Crippen molar-refractivity contribution in [1.82, 2.24) is 4.98 Å². The Bertz CT molecular complexity index is 1070. The number of hydrogen-bond donors (Lipinski definition) is 1. The topological polar surface area (TPSA) is 89.3 Å². The van der Waals surface area contributed by atoms with E-state index in [1.54, 1.807) is 12.1 Å². The predicted octanol–water partition coefficient (Wildman–Crippen LogP) is 3.09. The van der Waals surface area contributed by atoms with Gasteiger partial charge in [-0.05, 0) is 55.3 Å². The third-order valence-electron chi connectivity index (χ3n) is 3.68. The molecule has 0 atom stereocenters. The number of anilines is 1. The third kappa shape index (κ3) is 4.06. The van der Waals surface area contributed by atoms with E-state index in [1.807, 2.05) is 38.1 Å². The van der Waals surface area contributed by atoms with Gasteiger partial charge < -0.3 is 9.73 Å². The Hall–Kier alpha value is -2.67. The zero-order valence-electron chi connectivity index (χ0n) is 14.2. The number of amides is 1. The summed E-state index contributed by atoms with van der Waals surface area (Å²) >= 11 is 0. The smallest absolute Gasteiger partial charge is 0.239 e. The van der Waals surface area contributed by atoms with Gasteiger partial charge in [0.15, 0.2) is 15.4 Å². The monoisotopic (exact) mass is 358 g/mol. The van der Waals surface area contributed by atoms with Gasteiger partial charge in [0.2, 0.25) is 11.8 Å². The van der Waals surface area contributed by atoms with E-state index in [-0.39, 0.29) is 0 Å². The van der Waals surface area contributed by atoms with Gasteiger partial charge in [0.1, 0.15) is 11.3 Å². The first kappa shape index (κ1) is 17.2. The number of benzene rings is 2. The molecule has 3 aromatic rings. The van der Waals surface area contributed by atoms with Crippen LogP contribution in [0.25, 0.3) is 22.6 Å². The van der Waals surface area contributed by atoms with Crippen LogP contribution < -0.4 is 5.32 Å². The minimum Gasteiger partial charge on any atom is -0.436 e. The van der Waals surface area contributed by atoms with Crippen molar-refractivity contribution >= 4 is 32.5 Å². The molecule has 0 fully saturated rings. The van der Waals surface area contributed by atoms with Crippen LogP contribution in [0, 0.1) is 13.8 Å². The van der Waals surface area contributed by atoms with Crippen molar-refractivity contribution in [3.05, 3.63) is 47.5 Å². The lowest BCUT2D eigenvalue weighted by atomic mass is 10.1. The molecule has 1 N–H and O–H groups in total. The number of carbonyl (C=O) groups excluding carboxylic acids is 1.